The lowest BCUT2D eigenvalue weighted by Gasteiger charge is -2.25. The van der Waals surface area contributed by atoms with Crippen molar-refractivity contribution in [3.05, 3.63) is 29.8 Å². The zero-order valence-electron chi connectivity index (χ0n) is 11.0. The lowest BCUT2D eigenvalue weighted by Crippen LogP contribution is -2.20. The summed E-state index contributed by atoms with van der Waals surface area (Å²) < 4.78 is 6.14. The van der Waals surface area contributed by atoms with Crippen LogP contribution in [0.3, 0.4) is 0 Å². The normalized spacial score (nSPS) is 25.2. The molecule has 1 heterocycles. The van der Waals surface area contributed by atoms with E-state index in [1.54, 1.807) is 0 Å². The van der Waals surface area contributed by atoms with E-state index in [0.29, 0.717) is 12.0 Å². The van der Waals surface area contributed by atoms with Crippen LogP contribution in [-0.2, 0) is 0 Å². The second-order valence-electron chi connectivity index (χ2n) is 5.52. The van der Waals surface area contributed by atoms with Crippen LogP contribution in [0.2, 0.25) is 0 Å². The Morgan fingerprint density at radius 3 is 2.83 bits per heavy atom. The Morgan fingerprint density at radius 1 is 1.17 bits per heavy atom. The number of rotatable bonds is 3. The number of nitrogens with one attached hydrogen (secondary N) is 1. The van der Waals surface area contributed by atoms with Gasteiger partial charge in [0.15, 0.2) is 0 Å². The Bertz CT molecular complexity index is 378. The van der Waals surface area contributed by atoms with Crippen LogP contribution in [0.15, 0.2) is 18.2 Å². The first-order chi connectivity index (χ1) is 8.93. The molecule has 2 fully saturated rings. The van der Waals surface area contributed by atoms with Gasteiger partial charge in [-0.3, -0.25) is 0 Å². The molecular formula is C16H22NO. The van der Waals surface area contributed by atoms with E-state index in [1.807, 2.05) is 6.07 Å². The van der Waals surface area contributed by atoms with Gasteiger partial charge < -0.3 is 10.1 Å². The van der Waals surface area contributed by atoms with E-state index in [2.05, 4.69) is 23.5 Å². The molecule has 0 spiro atoms. The highest BCUT2D eigenvalue weighted by Gasteiger charge is 2.22. The van der Waals surface area contributed by atoms with Gasteiger partial charge in [-0.15, -0.1) is 0 Å². The molecule has 1 N–H and O–H groups in total. The first-order valence-corrected chi connectivity index (χ1v) is 7.31. The number of hydrogen-bond acceptors (Lipinski definition) is 2. The summed E-state index contributed by atoms with van der Waals surface area (Å²) >= 11 is 0. The fourth-order valence-electron chi connectivity index (χ4n) is 3.17. The number of hydrogen-bond donors (Lipinski definition) is 1. The first-order valence-electron chi connectivity index (χ1n) is 7.31. The quantitative estimate of drug-likeness (QED) is 0.881. The maximum Gasteiger partial charge on any atom is 0.131 e. The largest absolute Gasteiger partial charge is 0.488 e. The SMILES string of the molecule is [c]1cccc(C2CCCCC2)c1OC1CCNC1. The number of benzene rings is 1. The molecule has 1 saturated heterocycles. The Labute approximate surface area is 110 Å². The van der Waals surface area contributed by atoms with Crippen molar-refractivity contribution < 1.29 is 4.74 Å². The van der Waals surface area contributed by atoms with Gasteiger partial charge in [0.05, 0.1) is 0 Å². The molecule has 2 heteroatoms. The van der Waals surface area contributed by atoms with E-state index in [0.717, 1.165) is 25.3 Å². The molecule has 1 aromatic carbocycles. The van der Waals surface area contributed by atoms with Crippen LogP contribution in [0.1, 0.15) is 50.0 Å². The molecule has 0 amide bonds. The van der Waals surface area contributed by atoms with Crippen LogP contribution >= 0.6 is 0 Å². The number of ether oxygens (including phenoxy) is 1. The second kappa shape index (κ2) is 5.75. The van der Waals surface area contributed by atoms with Gasteiger partial charge in [0.1, 0.15) is 11.9 Å². The minimum Gasteiger partial charge on any atom is -0.488 e. The summed E-state index contributed by atoms with van der Waals surface area (Å²) in [5.74, 6) is 1.71. The van der Waals surface area contributed by atoms with Crippen molar-refractivity contribution in [1.82, 2.24) is 5.32 Å². The monoisotopic (exact) mass is 244 g/mol. The van der Waals surface area contributed by atoms with Gasteiger partial charge in [-0.05, 0) is 37.3 Å². The Kier molecular flexibility index (Phi) is 3.84. The molecule has 0 bridgehead atoms. The van der Waals surface area contributed by atoms with Gasteiger partial charge in [0, 0.05) is 12.6 Å². The van der Waals surface area contributed by atoms with Crippen molar-refractivity contribution in [2.24, 2.45) is 0 Å². The van der Waals surface area contributed by atoms with E-state index in [9.17, 15) is 0 Å². The summed E-state index contributed by atoms with van der Waals surface area (Å²) in [5, 5.41) is 3.35. The maximum atomic E-state index is 6.14. The molecule has 18 heavy (non-hydrogen) atoms. The van der Waals surface area contributed by atoms with Crippen LogP contribution in [-0.4, -0.2) is 19.2 Å². The van der Waals surface area contributed by atoms with E-state index in [1.165, 1.54) is 37.7 Å². The van der Waals surface area contributed by atoms with E-state index in [4.69, 9.17) is 4.74 Å². The second-order valence-corrected chi connectivity index (χ2v) is 5.52. The van der Waals surface area contributed by atoms with Crippen molar-refractivity contribution in [2.45, 2.75) is 50.5 Å². The van der Waals surface area contributed by atoms with Crippen LogP contribution in [0.4, 0.5) is 0 Å². The fraction of sp³-hybridized carbons (Fsp3) is 0.625. The topological polar surface area (TPSA) is 21.3 Å². The lowest BCUT2D eigenvalue weighted by molar-refractivity contribution is 0.218. The molecule has 1 aliphatic heterocycles. The van der Waals surface area contributed by atoms with Gasteiger partial charge in [0.2, 0.25) is 0 Å². The third-order valence-corrected chi connectivity index (χ3v) is 4.19. The molecule has 2 nitrogen and oxygen atoms in total. The van der Waals surface area contributed by atoms with Crippen molar-refractivity contribution >= 4 is 0 Å². The minimum atomic E-state index is 0.339. The predicted molar refractivity (Wildman–Crippen MR) is 73.0 cm³/mol. The summed E-state index contributed by atoms with van der Waals surface area (Å²) in [5.41, 5.74) is 1.39. The Morgan fingerprint density at radius 2 is 2.06 bits per heavy atom. The molecule has 1 radical (unpaired) electrons. The third-order valence-electron chi connectivity index (χ3n) is 4.19. The van der Waals surface area contributed by atoms with E-state index < -0.39 is 0 Å². The van der Waals surface area contributed by atoms with Gasteiger partial charge in [-0.2, -0.15) is 0 Å². The average Bonchev–Trinajstić information content (AvgIpc) is 2.93. The lowest BCUT2D eigenvalue weighted by atomic mass is 9.84. The van der Waals surface area contributed by atoms with Gasteiger partial charge >= 0.3 is 0 Å². The molecule has 1 aromatic rings. The molecule has 3 rings (SSSR count). The van der Waals surface area contributed by atoms with Gasteiger partial charge in [-0.25, -0.2) is 0 Å². The summed E-state index contributed by atoms with van der Waals surface area (Å²) in [4.78, 5) is 0. The van der Waals surface area contributed by atoms with E-state index in [-0.39, 0.29) is 0 Å². The average molecular weight is 244 g/mol. The molecular weight excluding hydrogens is 222 g/mol. The van der Waals surface area contributed by atoms with Crippen molar-refractivity contribution in [3.8, 4) is 5.75 Å². The summed E-state index contributed by atoms with van der Waals surface area (Å²) in [6.07, 6.45) is 8.22. The third kappa shape index (κ3) is 2.69. The van der Waals surface area contributed by atoms with E-state index >= 15 is 0 Å². The molecule has 1 atom stereocenters. The molecule has 97 valence electrons. The zero-order chi connectivity index (χ0) is 12.2. The fourth-order valence-corrected chi connectivity index (χ4v) is 3.17. The number of para-hydroxylation sites is 1. The van der Waals surface area contributed by atoms with Crippen molar-refractivity contribution in [2.75, 3.05) is 13.1 Å². The molecule has 0 aromatic heterocycles. The van der Waals surface area contributed by atoms with Crippen molar-refractivity contribution in [3.63, 3.8) is 0 Å². The smallest absolute Gasteiger partial charge is 0.131 e. The molecule has 2 aliphatic rings. The van der Waals surface area contributed by atoms with Crippen LogP contribution in [0.5, 0.6) is 5.75 Å². The van der Waals surface area contributed by atoms with Crippen LogP contribution < -0.4 is 10.1 Å². The molecule has 1 unspecified atom stereocenters. The summed E-state index contributed by atoms with van der Waals surface area (Å²) in [6.45, 7) is 2.06. The standard InChI is InChI=1S/C16H22NO/c1-2-6-13(7-3-1)15-8-4-5-9-16(15)18-14-10-11-17-12-14/h4-5,8,13-14,17H,1-3,6-7,10-12H2. The Balaban J connectivity index is 1.75. The molecule has 1 aliphatic carbocycles. The maximum absolute atomic E-state index is 6.14. The Hall–Kier alpha value is -1.02. The highest BCUT2D eigenvalue weighted by Crippen LogP contribution is 2.37. The van der Waals surface area contributed by atoms with Crippen LogP contribution in [0, 0.1) is 6.07 Å². The summed E-state index contributed by atoms with van der Waals surface area (Å²) in [6, 6.07) is 9.63. The highest BCUT2D eigenvalue weighted by molar-refractivity contribution is 5.35. The molecule has 1 saturated carbocycles. The van der Waals surface area contributed by atoms with Gasteiger partial charge in [-0.1, -0.05) is 37.5 Å². The van der Waals surface area contributed by atoms with Crippen molar-refractivity contribution in [1.29, 1.82) is 0 Å². The summed E-state index contributed by atoms with van der Waals surface area (Å²) in [7, 11) is 0. The zero-order valence-corrected chi connectivity index (χ0v) is 11.0. The van der Waals surface area contributed by atoms with Crippen LogP contribution in [0.25, 0.3) is 0 Å². The minimum absolute atomic E-state index is 0.339. The predicted octanol–water partition coefficient (Wildman–Crippen LogP) is 3.28. The highest BCUT2D eigenvalue weighted by atomic mass is 16.5. The van der Waals surface area contributed by atoms with Gasteiger partial charge in [0.25, 0.3) is 0 Å². The first kappa shape index (κ1) is 12.0.